The van der Waals surface area contributed by atoms with Crippen LogP contribution in [0.5, 0.6) is 5.75 Å². The molecular weight excluding hydrogens is 802 g/mol. The highest BCUT2D eigenvalue weighted by molar-refractivity contribution is 14.1. The second-order valence-electron chi connectivity index (χ2n) is 7.18. The number of carbonyl (C=O) groups is 2. The fraction of sp³-hybridized carbons (Fsp3) is 0.529. The van der Waals surface area contributed by atoms with Crippen LogP contribution in [0.25, 0.3) is 0 Å². The molecule has 15 heteroatoms. The molecule has 3 rings (SSSR count). The van der Waals surface area contributed by atoms with E-state index in [1.165, 1.54) is 0 Å². The summed E-state index contributed by atoms with van der Waals surface area (Å²) in [5.41, 5.74) is 0. The first-order chi connectivity index (χ1) is 14.7. The predicted molar refractivity (Wildman–Crippen MR) is 127 cm³/mol. The largest absolute Gasteiger partial charge is 0.451 e. The number of halogens is 6. The lowest BCUT2D eigenvalue weighted by Crippen LogP contribution is -2.46. The van der Waals surface area contributed by atoms with Gasteiger partial charge in [0, 0.05) is 3.57 Å². The number of carbonyl (C=O) groups excluding carboxylic acids is 2. The van der Waals surface area contributed by atoms with Crippen molar-refractivity contribution in [3.8, 4) is 5.75 Å². The molecule has 0 aromatic heterocycles. The number of hydrogen-bond acceptors (Lipinski definition) is 7. The highest BCUT2D eigenvalue weighted by Crippen LogP contribution is 2.45. The molecule has 2 saturated heterocycles. The Kier molecular flexibility index (Phi) is 8.27. The van der Waals surface area contributed by atoms with E-state index in [2.05, 4.69) is 27.3 Å². The van der Waals surface area contributed by atoms with Crippen molar-refractivity contribution in [2.24, 2.45) is 11.8 Å². The van der Waals surface area contributed by atoms with Gasteiger partial charge in [-0.3, -0.25) is 14.1 Å². The van der Waals surface area contributed by atoms with Crippen molar-refractivity contribution >= 4 is 89.8 Å². The second-order valence-corrected chi connectivity index (χ2v) is 12.2. The van der Waals surface area contributed by atoms with Gasteiger partial charge in [0.1, 0.15) is 5.75 Å². The molecule has 1 N–H and O–H groups in total. The number of esters is 2. The Morgan fingerprint density at radius 1 is 1.09 bits per heavy atom. The molecule has 2 aliphatic rings. The summed E-state index contributed by atoms with van der Waals surface area (Å²) in [4.78, 5) is 25.6. The molecule has 8 nitrogen and oxygen atoms in total. The molecule has 2 aliphatic heterocycles. The fourth-order valence-corrected chi connectivity index (χ4v) is 8.12. The third kappa shape index (κ3) is 6.16. The summed E-state index contributed by atoms with van der Waals surface area (Å²) in [5.74, 6) is -6.49. The molecule has 178 valence electrons. The Labute approximate surface area is 221 Å². The van der Waals surface area contributed by atoms with Crippen molar-refractivity contribution in [1.82, 2.24) is 0 Å². The molecule has 32 heavy (non-hydrogen) atoms. The standard InChI is InChI=1S/C17H14F3I3O8S/c18-17(19,20)11(5-32(26,27)28)30-15(24)12-9-1-2-10(29-9)13(12)16(25)31-14-7(22)3-6(21)4-8(14)23/h3-4,9-13H,1-2,5H2,(H,26,27,28). The Morgan fingerprint density at radius 3 is 2.06 bits per heavy atom. The monoisotopic (exact) mass is 816 g/mol. The van der Waals surface area contributed by atoms with Crippen LogP contribution < -0.4 is 4.74 Å². The van der Waals surface area contributed by atoms with Gasteiger partial charge in [-0.25, -0.2) is 0 Å². The van der Waals surface area contributed by atoms with Crippen LogP contribution in [0.1, 0.15) is 12.8 Å². The Hall–Kier alpha value is 0.01000. The summed E-state index contributed by atoms with van der Waals surface area (Å²) in [7, 11) is -5.09. The van der Waals surface area contributed by atoms with Gasteiger partial charge in [0.05, 0.1) is 31.2 Å². The normalized spacial score (nSPS) is 26.1. The van der Waals surface area contributed by atoms with Crippen LogP contribution in [0.4, 0.5) is 13.2 Å². The molecule has 2 heterocycles. The molecule has 5 atom stereocenters. The van der Waals surface area contributed by atoms with Gasteiger partial charge >= 0.3 is 18.1 Å². The summed E-state index contributed by atoms with van der Waals surface area (Å²) < 4.78 is 87.8. The minimum Gasteiger partial charge on any atom is -0.451 e. The van der Waals surface area contributed by atoms with E-state index < -0.39 is 64.1 Å². The summed E-state index contributed by atoms with van der Waals surface area (Å²) >= 11 is 6.03. The van der Waals surface area contributed by atoms with E-state index in [0.717, 1.165) is 3.57 Å². The number of benzene rings is 1. The Morgan fingerprint density at radius 2 is 1.59 bits per heavy atom. The molecule has 0 spiro atoms. The van der Waals surface area contributed by atoms with Gasteiger partial charge in [-0.2, -0.15) is 21.6 Å². The highest BCUT2D eigenvalue weighted by atomic mass is 127. The van der Waals surface area contributed by atoms with Crippen molar-refractivity contribution in [1.29, 1.82) is 0 Å². The topological polar surface area (TPSA) is 116 Å². The number of rotatable bonds is 6. The lowest BCUT2D eigenvalue weighted by atomic mass is 9.79. The van der Waals surface area contributed by atoms with Crippen molar-refractivity contribution in [3.05, 3.63) is 22.8 Å². The van der Waals surface area contributed by atoms with Crippen LogP contribution in [-0.4, -0.2) is 55.2 Å². The number of fused-ring (bicyclic) bond motifs is 2. The molecule has 2 fully saturated rings. The van der Waals surface area contributed by atoms with E-state index in [1.807, 2.05) is 45.2 Å². The molecule has 1 aromatic rings. The minimum absolute atomic E-state index is 0.256. The van der Waals surface area contributed by atoms with Gasteiger partial charge in [-0.15, -0.1) is 0 Å². The van der Waals surface area contributed by atoms with Gasteiger partial charge in [-0.05, 0) is 92.7 Å². The zero-order valence-electron chi connectivity index (χ0n) is 15.6. The molecule has 0 saturated carbocycles. The van der Waals surface area contributed by atoms with Crippen molar-refractivity contribution < 1.29 is 49.9 Å². The van der Waals surface area contributed by atoms with Crippen LogP contribution in [0.2, 0.25) is 0 Å². The maximum atomic E-state index is 13.2. The smallest absolute Gasteiger partial charge is 0.426 e. The maximum Gasteiger partial charge on any atom is 0.426 e. The van der Waals surface area contributed by atoms with Crippen LogP contribution >= 0.6 is 67.8 Å². The molecule has 2 bridgehead atoms. The third-order valence-corrected chi connectivity index (χ3v) is 7.92. The van der Waals surface area contributed by atoms with Gasteiger partial charge in [-0.1, -0.05) is 0 Å². The zero-order chi connectivity index (χ0) is 24.0. The molecule has 0 radical (unpaired) electrons. The van der Waals surface area contributed by atoms with Gasteiger partial charge < -0.3 is 14.2 Å². The number of ether oxygens (including phenoxy) is 3. The molecular formula is C17H14F3I3O8S. The SMILES string of the molecule is O=C(Oc1c(I)cc(I)cc1I)C1C2CCC(O2)C1C(=O)OC(CS(=O)(=O)O)C(F)(F)F. The molecule has 1 aromatic carbocycles. The lowest BCUT2D eigenvalue weighted by molar-refractivity contribution is -0.219. The van der Waals surface area contributed by atoms with E-state index in [0.29, 0.717) is 20.0 Å². The first kappa shape index (κ1) is 26.6. The van der Waals surface area contributed by atoms with E-state index in [9.17, 15) is 31.2 Å². The van der Waals surface area contributed by atoms with Crippen LogP contribution in [-0.2, 0) is 29.2 Å². The van der Waals surface area contributed by atoms with Crippen molar-refractivity contribution in [2.75, 3.05) is 5.75 Å². The summed E-state index contributed by atoms with van der Waals surface area (Å²) in [5, 5.41) is 0. The number of hydrogen-bond donors (Lipinski definition) is 1. The molecule has 5 unspecified atom stereocenters. The molecule has 0 amide bonds. The van der Waals surface area contributed by atoms with Crippen LogP contribution in [0.15, 0.2) is 12.1 Å². The fourth-order valence-electron chi connectivity index (χ4n) is 3.68. The maximum absolute atomic E-state index is 13.2. The van der Waals surface area contributed by atoms with E-state index in [1.54, 1.807) is 12.1 Å². The van der Waals surface area contributed by atoms with Gasteiger partial charge in [0.15, 0.2) is 5.75 Å². The van der Waals surface area contributed by atoms with Crippen LogP contribution in [0, 0.1) is 22.5 Å². The Bertz CT molecular complexity index is 1010. The van der Waals surface area contributed by atoms with E-state index >= 15 is 0 Å². The van der Waals surface area contributed by atoms with Crippen molar-refractivity contribution in [3.63, 3.8) is 0 Å². The predicted octanol–water partition coefficient (Wildman–Crippen LogP) is 3.56. The third-order valence-electron chi connectivity index (χ3n) is 4.97. The van der Waals surface area contributed by atoms with Crippen molar-refractivity contribution in [2.45, 2.75) is 37.3 Å². The zero-order valence-corrected chi connectivity index (χ0v) is 22.9. The van der Waals surface area contributed by atoms with E-state index in [4.69, 9.17) is 14.0 Å². The van der Waals surface area contributed by atoms with Gasteiger partial charge in [0.25, 0.3) is 10.1 Å². The summed E-state index contributed by atoms with van der Waals surface area (Å²) in [6, 6.07) is 3.52. The minimum atomic E-state index is -5.24. The van der Waals surface area contributed by atoms with E-state index in [-0.39, 0.29) is 5.75 Å². The molecule has 0 aliphatic carbocycles. The Balaban J connectivity index is 1.82. The average molecular weight is 816 g/mol. The summed E-state index contributed by atoms with van der Waals surface area (Å²) in [6.45, 7) is 0. The van der Waals surface area contributed by atoms with Crippen LogP contribution in [0.3, 0.4) is 0 Å². The average Bonchev–Trinajstić information content (AvgIpc) is 3.23. The lowest BCUT2D eigenvalue weighted by Gasteiger charge is -2.27. The first-order valence-electron chi connectivity index (χ1n) is 8.91. The summed E-state index contributed by atoms with van der Waals surface area (Å²) in [6.07, 6.45) is -9.20. The first-order valence-corrected chi connectivity index (χ1v) is 13.8. The van der Waals surface area contributed by atoms with Gasteiger partial charge in [0.2, 0.25) is 6.10 Å². The highest BCUT2D eigenvalue weighted by Gasteiger charge is 2.58. The second kappa shape index (κ2) is 9.94. The number of alkyl halides is 3. The quantitative estimate of drug-likeness (QED) is 0.201.